The fraction of sp³-hybridized carbons (Fsp3) is 0.263. The molecule has 0 aliphatic carbocycles. The summed E-state index contributed by atoms with van der Waals surface area (Å²) in [5.41, 5.74) is 2.26. The number of thiazole rings is 1. The highest BCUT2D eigenvalue weighted by molar-refractivity contribution is 7.18. The molecule has 24 heavy (non-hydrogen) atoms. The summed E-state index contributed by atoms with van der Waals surface area (Å²) in [7, 11) is 1.95. The van der Waals surface area contributed by atoms with Crippen LogP contribution in [0.15, 0.2) is 54.6 Å². The van der Waals surface area contributed by atoms with Crippen molar-refractivity contribution in [3.05, 3.63) is 65.2 Å². The normalized spacial score (nSPS) is 11.1. The first-order valence-corrected chi connectivity index (χ1v) is 8.86. The minimum absolute atomic E-state index is 0.0505. The molecular formula is C19H21N3OS. The van der Waals surface area contributed by atoms with E-state index in [0.29, 0.717) is 19.6 Å². The summed E-state index contributed by atoms with van der Waals surface area (Å²) in [6, 6.07) is 18.3. The van der Waals surface area contributed by atoms with Gasteiger partial charge in [0.15, 0.2) is 0 Å². The van der Waals surface area contributed by atoms with Gasteiger partial charge in [0.05, 0.1) is 23.3 Å². The summed E-state index contributed by atoms with van der Waals surface area (Å²) in [5.74, 6) is 0.0505. The zero-order chi connectivity index (χ0) is 16.8. The van der Waals surface area contributed by atoms with Gasteiger partial charge in [-0.05, 0) is 31.2 Å². The van der Waals surface area contributed by atoms with Crippen LogP contribution in [-0.4, -0.2) is 35.9 Å². The van der Waals surface area contributed by atoms with Gasteiger partial charge in [0.1, 0.15) is 5.01 Å². The summed E-state index contributed by atoms with van der Waals surface area (Å²) in [5, 5.41) is 4.01. The number of carbonyl (C=O) groups is 1. The molecule has 0 radical (unpaired) electrons. The second kappa shape index (κ2) is 8.04. The number of para-hydroxylation sites is 1. The standard InChI is InChI=1S/C19H21N3OS/c1-22(14-19-21-16-9-5-6-10-17(16)24-19)13-18(23)20-12-11-15-7-3-2-4-8-15/h2-10H,11-14H2,1H3,(H,20,23). The first-order valence-electron chi connectivity index (χ1n) is 8.04. The number of hydrogen-bond donors (Lipinski definition) is 1. The van der Waals surface area contributed by atoms with Gasteiger partial charge in [-0.2, -0.15) is 0 Å². The zero-order valence-corrected chi connectivity index (χ0v) is 14.6. The fourth-order valence-electron chi connectivity index (χ4n) is 2.57. The minimum atomic E-state index is 0.0505. The largest absolute Gasteiger partial charge is 0.355 e. The molecule has 4 nitrogen and oxygen atoms in total. The molecule has 0 saturated carbocycles. The predicted molar refractivity (Wildman–Crippen MR) is 99.1 cm³/mol. The zero-order valence-electron chi connectivity index (χ0n) is 13.7. The third-order valence-electron chi connectivity index (χ3n) is 3.74. The summed E-state index contributed by atoms with van der Waals surface area (Å²) < 4.78 is 1.19. The molecule has 1 amide bonds. The van der Waals surface area contributed by atoms with E-state index in [-0.39, 0.29) is 5.91 Å². The van der Waals surface area contributed by atoms with Gasteiger partial charge in [0, 0.05) is 6.54 Å². The Bertz CT molecular complexity index is 767. The highest BCUT2D eigenvalue weighted by Crippen LogP contribution is 2.22. The van der Waals surface area contributed by atoms with Crippen molar-refractivity contribution in [3.63, 3.8) is 0 Å². The molecule has 0 aliphatic heterocycles. The van der Waals surface area contributed by atoms with Crippen molar-refractivity contribution in [3.8, 4) is 0 Å². The molecule has 1 heterocycles. The lowest BCUT2D eigenvalue weighted by atomic mass is 10.1. The van der Waals surface area contributed by atoms with Crippen LogP contribution >= 0.6 is 11.3 Å². The lowest BCUT2D eigenvalue weighted by molar-refractivity contribution is -0.122. The van der Waals surface area contributed by atoms with Crippen molar-refractivity contribution in [2.45, 2.75) is 13.0 Å². The maximum Gasteiger partial charge on any atom is 0.234 e. The van der Waals surface area contributed by atoms with E-state index in [1.165, 1.54) is 10.3 Å². The van der Waals surface area contributed by atoms with Crippen LogP contribution in [0.2, 0.25) is 0 Å². The van der Waals surface area contributed by atoms with Crippen LogP contribution in [0, 0.1) is 0 Å². The van der Waals surface area contributed by atoms with Crippen LogP contribution in [0.3, 0.4) is 0 Å². The molecule has 5 heteroatoms. The van der Waals surface area contributed by atoms with Crippen molar-refractivity contribution < 1.29 is 4.79 Å². The molecule has 1 N–H and O–H groups in total. The number of amides is 1. The van der Waals surface area contributed by atoms with E-state index in [1.807, 2.05) is 48.3 Å². The lowest BCUT2D eigenvalue weighted by Crippen LogP contribution is -2.35. The summed E-state index contributed by atoms with van der Waals surface area (Å²) in [6.07, 6.45) is 0.855. The lowest BCUT2D eigenvalue weighted by Gasteiger charge is -2.14. The summed E-state index contributed by atoms with van der Waals surface area (Å²) in [6.45, 7) is 1.73. The molecule has 0 aliphatic rings. The van der Waals surface area contributed by atoms with E-state index in [2.05, 4.69) is 28.5 Å². The van der Waals surface area contributed by atoms with Crippen LogP contribution in [0.5, 0.6) is 0 Å². The van der Waals surface area contributed by atoms with Crippen LogP contribution < -0.4 is 5.32 Å². The molecule has 2 aromatic carbocycles. The van der Waals surface area contributed by atoms with E-state index in [0.717, 1.165) is 16.9 Å². The topological polar surface area (TPSA) is 45.2 Å². The van der Waals surface area contributed by atoms with Gasteiger partial charge >= 0.3 is 0 Å². The van der Waals surface area contributed by atoms with Gasteiger partial charge in [-0.3, -0.25) is 9.69 Å². The number of carbonyl (C=O) groups excluding carboxylic acids is 1. The molecular weight excluding hydrogens is 318 g/mol. The third-order valence-corrected chi connectivity index (χ3v) is 4.76. The number of aromatic nitrogens is 1. The summed E-state index contributed by atoms with van der Waals surface area (Å²) >= 11 is 1.68. The maximum absolute atomic E-state index is 12.0. The van der Waals surface area contributed by atoms with Crippen molar-refractivity contribution in [2.75, 3.05) is 20.1 Å². The molecule has 3 aromatic rings. The number of nitrogens with zero attached hydrogens (tertiary/aromatic N) is 2. The molecule has 3 rings (SSSR count). The molecule has 0 spiro atoms. The Kier molecular flexibility index (Phi) is 5.56. The number of nitrogens with one attached hydrogen (secondary N) is 1. The average molecular weight is 339 g/mol. The van der Waals surface area contributed by atoms with E-state index in [4.69, 9.17) is 0 Å². The summed E-state index contributed by atoms with van der Waals surface area (Å²) in [4.78, 5) is 18.6. The van der Waals surface area contributed by atoms with Gasteiger partial charge < -0.3 is 5.32 Å². The number of rotatable bonds is 7. The number of hydrogen-bond acceptors (Lipinski definition) is 4. The number of benzene rings is 2. The van der Waals surface area contributed by atoms with E-state index >= 15 is 0 Å². The molecule has 0 atom stereocenters. The molecule has 0 saturated heterocycles. The SMILES string of the molecule is CN(CC(=O)NCCc1ccccc1)Cc1nc2ccccc2s1. The third kappa shape index (κ3) is 4.63. The monoisotopic (exact) mass is 339 g/mol. The van der Waals surface area contributed by atoms with Gasteiger partial charge in [-0.1, -0.05) is 42.5 Å². The molecule has 124 valence electrons. The molecule has 1 aromatic heterocycles. The van der Waals surface area contributed by atoms with Crippen molar-refractivity contribution in [1.29, 1.82) is 0 Å². The van der Waals surface area contributed by atoms with Crippen LogP contribution in [0.4, 0.5) is 0 Å². The van der Waals surface area contributed by atoms with E-state index in [1.54, 1.807) is 11.3 Å². The quantitative estimate of drug-likeness (QED) is 0.719. The maximum atomic E-state index is 12.0. The second-order valence-electron chi connectivity index (χ2n) is 5.83. The minimum Gasteiger partial charge on any atom is -0.355 e. The van der Waals surface area contributed by atoms with Gasteiger partial charge in [0.25, 0.3) is 0 Å². The molecule has 0 fully saturated rings. The smallest absolute Gasteiger partial charge is 0.234 e. The van der Waals surface area contributed by atoms with E-state index < -0.39 is 0 Å². The highest BCUT2D eigenvalue weighted by atomic mass is 32.1. The average Bonchev–Trinajstić information content (AvgIpc) is 2.97. The van der Waals surface area contributed by atoms with Crippen LogP contribution in [-0.2, 0) is 17.8 Å². The molecule has 0 bridgehead atoms. The van der Waals surface area contributed by atoms with Crippen molar-refractivity contribution in [2.24, 2.45) is 0 Å². The first-order chi connectivity index (χ1) is 11.7. The number of fused-ring (bicyclic) bond motifs is 1. The van der Waals surface area contributed by atoms with Gasteiger partial charge in [-0.15, -0.1) is 11.3 Å². The Morgan fingerprint density at radius 3 is 2.67 bits per heavy atom. The Labute approximate surface area is 146 Å². The van der Waals surface area contributed by atoms with E-state index in [9.17, 15) is 4.79 Å². The van der Waals surface area contributed by atoms with Crippen molar-refractivity contribution in [1.82, 2.24) is 15.2 Å². The van der Waals surface area contributed by atoms with Crippen LogP contribution in [0.1, 0.15) is 10.6 Å². The van der Waals surface area contributed by atoms with Crippen molar-refractivity contribution >= 4 is 27.5 Å². The highest BCUT2D eigenvalue weighted by Gasteiger charge is 2.10. The Morgan fingerprint density at radius 2 is 1.88 bits per heavy atom. The van der Waals surface area contributed by atoms with Crippen LogP contribution in [0.25, 0.3) is 10.2 Å². The molecule has 0 unspecified atom stereocenters. The van der Waals surface area contributed by atoms with Gasteiger partial charge in [0.2, 0.25) is 5.91 Å². The predicted octanol–water partition coefficient (Wildman–Crippen LogP) is 3.09. The van der Waals surface area contributed by atoms with Gasteiger partial charge in [-0.25, -0.2) is 4.98 Å². The number of likely N-dealkylation sites (N-methyl/N-ethyl adjacent to an activating group) is 1. The Morgan fingerprint density at radius 1 is 1.12 bits per heavy atom. The Hall–Kier alpha value is -2.24. The second-order valence-corrected chi connectivity index (χ2v) is 6.95. The fourth-order valence-corrected chi connectivity index (χ4v) is 3.61. The Balaban J connectivity index is 1.44. The first kappa shape index (κ1) is 16.6.